The highest BCUT2D eigenvalue weighted by molar-refractivity contribution is 5.84. The number of urea groups is 1. The van der Waals surface area contributed by atoms with Crippen molar-refractivity contribution in [2.24, 2.45) is 17.8 Å². The Labute approximate surface area is 251 Å². The smallest absolute Gasteiger partial charge is 0.345 e. The van der Waals surface area contributed by atoms with Crippen LogP contribution in [-0.4, -0.2) is 77.7 Å². The maximum absolute atomic E-state index is 14.2. The number of halogens is 3. The summed E-state index contributed by atoms with van der Waals surface area (Å²) in [6.07, 6.45) is -2.82. The fraction of sp³-hybridized carbons (Fsp3) is 0.545. The third-order valence-electron chi connectivity index (χ3n) is 9.81. The van der Waals surface area contributed by atoms with Crippen molar-refractivity contribution < 1.29 is 27.6 Å². The summed E-state index contributed by atoms with van der Waals surface area (Å²) in [5, 5.41) is 0. The minimum Gasteiger partial charge on any atom is -0.345 e. The van der Waals surface area contributed by atoms with Gasteiger partial charge in [0.05, 0.1) is 23.6 Å². The molecule has 43 heavy (non-hydrogen) atoms. The molecule has 232 valence electrons. The zero-order valence-electron chi connectivity index (χ0n) is 25.5. The Morgan fingerprint density at radius 2 is 1.74 bits per heavy atom. The van der Waals surface area contributed by atoms with Gasteiger partial charge in [0.2, 0.25) is 11.8 Å². The highest BCUT2D eigenvalue weighted by Crippen LogP contribution is 2.46. The number of benzene rings is 2. The first-order valence-electron chi connectivity index (χ1n) is 15.1. The molecule has 5 rings (SSSR count). The van der Waals surface area contributed by atoms with E-state index < -0.39 is 17.8 Å². The van der Waals surface area contributed by atoms with Crippen LogP contribution in [0.2, 0.25) is 0 Å². The third-order valence-corrected chi connectivity index (χ3v) is 9.81. The lowest BCUT2D eigenvalue weighted by molar-refractivity contribution is -0.141. The largest absolute Gasteiger partial charge is 0.416 e. The third kappa shape index (κ3) is 6.10. The molecule has 7 nitrogen and oxygen atoms in total. The molecule has 0 N–H and O–H groups in total. The molecule has 3 heterocycles. The van der Waals surface area contributed by atoms with Crippen LogP contribution in [0.4, 0.5) is 18.0 Å². The van der Waals surface area contributed by atoms with Crippen molar-refractivity contribution in [3.8, 4) is 0 Å². The summed E-state index contributed by atoms with van der Waals surface area (Å²) in [4.78, 5) is 46.8. The summed E-state index contributed by atoms with van der Waals surface area (Å²) in [7, 11) is 3.39. The molecule has 2 aromatic rings. The first-order valence-corrected chi connectivity index (χ1v) is 15.1. The molecule has 5 atom stereocenters. The summed E-state index contributed by atoms with van der Waals surface area (Å²) in [5.74, 6) is 0.146. The van der Waals surface area contributed by atoms with Crippen molar-refractivity contribution in [2.45, 2.75) is 58.3 Å². The first-order chi connectivity index (χ1) is 20.3. The number of carbonyl (C=O) groups is 3. The molecule has 4 amide bonds. The van der Waals surface area contributed by atoms with E-state index in [1.165, 1.54) is 4.90 Å². The molecule has 3 aliphatic rings. The number of alkyl halides is 3. The molecular weight excluding hydrogens is 557 g/mol. The van der Waals surface area contributed by atoms with Crippen LogP contribution < -0.4 is 0 Å². The lowest BCUT2D eigenvalue weighted by Crippen LogP contribution is -2.51. The van der Waals surface area contributed by atoms with Gasteiger partial charge in [-0.25, -0.2) is 4.79 Å². The summed E-state index contributed by atoms with van der Waals surface area (Å²) in [6.45, 7) is 7.46. The Balaban J connectivity index is 1.41. The maximum atomic E-state index is 14.2. The van der Waals surface area contributed by atoms with E-state index in [0.29, 0.717) is 50.1 Å². The van der Waals surface area contributed by atoms with Gasteiger partial charge in [-0.3, -0.25) is 9.59 Å². The van der Waals surface area contributed by atoms with Crippen LogP contribution in [0.15, 0.2) is 42.5 Å². The van der Waals surface area contributed by atoms with E-state index in [9.17, 15) is 27.6 Å². The summed E-state index contributed by atoms with van der Waals surface area (Å²) in [5.41, 5.74) is 2.27. The quantitative estimate of drug-likeness (QED) is 0.445. The van der Waals surface area contributed by atoms with Crippen LogP contribution in [0.5, 0.6) is 0 Å². The lowest BCUT2D eigenvalue weighted by atomic mass is 9.78. The van der Waals surface area contributed by atoms with Gasteiger partial charge in [0, 0.05) is 52.6 Å². The molecule has 0 aliphatic carbocycles. The van der Waals surface area contributed by atoms with Crippen molar-refractivity contribution in [1.82, 2.24) is 19.6 Å². The number of rotatable bonds is 4. The van der Waals surface area contributed by atoms with Gasteiger partial charge in [-0.15, -0.1) is 0 Å². The number of piperidine rings is 2. The Hall–Kier alpha value is -3.56. The number of amides is 4. The van der Waals surface area contributed by atoms with E-state index in [1.54, 1.807) is 38.9 Å². The number of fused-ring (bicyclic) bond motifs is 1. The predicted octanol–water partition coefficient (Wildman–Crippen LogP) is 5.83. The topological polar surface area (TPSA) is 64.2 Å². The number of nitrogens with zero attached hydrogens (tertiary/aromatic N) is 4. The minimum atomic E-state index is -4.48. The fourth-order valence-corrected chi connectivity index (χ4v) is 7.23. The molecule has 10 heteroatoms. The van der Waals surface area contributed by atoms with Crippen LogP contribution in [0, 0.1) is 31.6 Å². The summed E-state index contributed by atoms with van der Waals surface area (Å²) >= 11 is 0. The zero-order valence-corrected chi connectivity index (χ0v) is 25.5. The molecule has 3 aliphatic heterocycles. The Morgan fingerprint density at radius 1 is 1.02 bits per heavy atom. The summed E-state index contributed by atoms with van der Waals surface area (Å²) < 4.78 is 40.7. The van der Waals surface area contributed by atoms with E-state index >= 15 is 0 Å². The number of likely N-dealkylation sites (tertiary alicyclic amines) is 3. The molecule has 0 spiro atoms. The van der Waals surface area contributed by atoms with Gasteiger partial charge < -0.3 is 19.6 Å². The van der Waals surface area contributed by atoms with Gasteiger partial charge in [-0.05, 0) is 68.4 Å². The van der Waals surface area contributed by atoms with Crippen molar-refractivity contribution in [3.05, 3.63) is 70.3 Å². The molecule has 2 aromatic carbocycles. The normalized spacial score (nSPS) is 25.0. The number of hydrogen-bond donors (Lipinski definition) is 0. The average Bonchev–Trinajstić information content (AvgIpc) is 3.41. The molecule has 2 unspecified atom stereocenters. The van der Waals surface area contributed by atoms with E-state index in [4.69, 9.17) is 0 Å². The van der Waals surface area contributed by atoms with Gasteiger partial charge in [0.1, 0.15) is 0 Å². The molecular formula is C33H41F3N4O3. The van der Waals surface area contributed by atoms with Gasteiger partial charge in [-0.1, -0.05) is 35.9 Å². The second-order valence-corrected chi connectivity index (χ2v) is 12.7. The van der Waals surface area contributed by atoms with Gasteiger partial charge in [0.25, 0.3) is 0 Å². The van der Waals surface area contributed by atoms with Crippen LogP contribution in [0.25, 0.3) is 0 Å². The minimum absolute atomic E-state index is 0.0187. The highest BCUT2D eigenvalue weighted by Gasteiger charge is 2.49. The Morgan fingerprint density at radius 3 is 2.42 bits per heavy atom. The zero-order chi connectivity index (χ0) is 31.2. The van der Waals surface area contributed by atoms with Crippen molar-refractivity contribution in [3.63, 3.8) is 0 Å². The predicted molar refractivity (Wildman–Crippen MR) is 157 cm³/mol. The molecule has 0 saturated carbocycles. The van der Waals surface area contributed by atoms with Crippen LogP contribution >= 0.6 is 0 Å². The standard InChI is InChI=1S/C33H41F3N4O3/c1-20-14-25(16-26(15-20)33(34,35)36)22(3)38(5)32(43)40-13-12-23-18-39(31(42)24-10-11-29(41)37(4)17-24)19-28(23)30(40)27-9-7-6-8-21(27)2/h6-9,14-16,22-24,28,30H,10-13,17-19H2,1-5H3/t22-,23-,24?,28?,30+/m1/s1. The van der Waals surface area contributed by atoms with E-state index in [1.807, 2.05) is 41.0 Å². The Bertz CT molecular complexity index is 1400. The Kier molecular flexibility index (Phi) is 8.51. The molecule has 3 fully saturated rings. The second-order valence-electron chi connectivity index (χ2n) is 12.7. The van der Waals surface area contributed by atoms with E-state index in [0.717, 1.165) is 29.7 Å². The van der Waals surface area contributed by atoms with Crippen molar-refractivity contribution in [2.75, 3.05) is 40.3 Å². The monoisotopic (exact) mass is 598 g/mol. The molecule has 3 saturated heterocycles. The fourth-order valence-electron chi connectivity index (χ4n) is 7.23. The maximum Gasteiger partial charge on any atom is 0.416 e. The second kappa shape index (κ2) is 11.8. The van der Waals surface area contributed by atoms with Crippen LogP contribution in [-0.2, 0) is 15.8 Å². The van der Waals surface area contributed by atoms with Crippen LogP contribution in [0.3, 0.4) is 0 Å². The number of hydrogen-bond acceptors (Lipinski definition) is 3. The van der Waals surface area contributed by atoms with E-state index in [-0.39, 0.29) is 41.6 Å². The van der Waals surface area contributed by atoms with E-state index in [2.05, 4.69) is 0 Å². The summed E-state index contributed by atoms with van der Waals surface area (Å²) in [6, 6.07) is 10.8. The number of aryl methyl sites for hydroxylation is 2. The van der Waals surface area contributed by atoms with Crippen molar-refractivity contribution in [1.29, 1.82) is 0 Å². The van der Waals surface area contributed by atoms with Crippen LogP contribution in [0.1, 0.15) is 66.1 Å². The molecule has 0 aromatic heterocycles. The molecule has 0 radical (unpaired) electrons. The van der Waals surface area contributed by atoms with Crippen molar-refractivity contribution >= 4 is 17.8 Å². The lowest BCUT2D eigenvalue weighted by Gasteiger charge is -2.45. The number of carbonyl (C=O) groups excluding carboxylic acids is 3. The van der Waals surface area contributed by atoms with Gasteiger partial charge >= 0.3 is 12.2 Å². The highest BCUT2D eigenvalue weighted by atomic mass is 19.4. The SMILES string of the molecule is Cc1cc([C@@H](C)N(C)C(=O)N2CC[C@@H]3CN(C(=O)C4CCC(=O)N(C)C4)CC3[C@@H]2c2ccccc2C)cc(C(F)(F)F)c1. The molecule has 0 bridgehead atoms. The van der Waals surface area contributed by atoms with Gasteiger partial charge in [-0.2, -0.15) is 13.2 Å². The van der Waals surface area contributed by atoms with Gasteiger partial charge in [0.15, 0.2) is 0 Å². The first kappa shape index (κ1) is 30.9. The average molecular weight is 599 g/mol.